The molecule has 1 heterocycles. The molecule has 0 unspecified atom stereocenters. The molecule has 1 radical (unpaired) electrons. The van der Waals surface area contributed by atoms with Crippen molar-refractivity contribution in [2.45, 2.75) is 0 Å². The summed E-state index contributed by atoms with van der Waals surface area (Å²) in [5, 5.41) is 4.36. The van der Waals surface area contributed by atoms with Crippen LogP contribution in [0.15, 0.2) is 10.8 Å². The molecule has 1 aromatic rings. The van der Waals surface area contributed by atoms with Crippen LogP contribution in [0.25, 0.3) is 0 Å². The number of hydrogen-bond donors (Lipinski definition) is 0. The van der Waals surface area contributed by atoms with Crippen molar-refractivity contribution in [1.29, 1.82) is 0 Å². The van der Waals surface area contributed by atoms with Crippen molar-refractivity contribution in [3.05, 3.63) is 21.8 Å². The maximum Gasteiger partial charge on any atom is 0.0592 e. The largest absolute Gasteiger partial charge is 0.150 e. The average Bonchev–Trinajstić information content (AvgIpc) is 1.86. The smallest absolute Gasteiger partial charge is 0.0592 e. The van der Waals surface area contributed by atoms with Crippen LogP contribution < -0.4 is 0 Å². The third-order valence-electron chi connectivity index (χ3n) is 0.436. The van der Waals surface area contributed by atoms with E-state index in [1.165, 1.54) is 0 Å². The van der Waals surface area contributed by atoms with Crippen LogP contribution in [0.2, 0.25) is 5.02 Å². The molecular weight excluding hydrogens is 116 g/mol. The van der Waals surface area contributed by atoms with Gasteiger partial charge in [-0.05, 0) is 0 Å². The van der Waals surface area contributed by atoms with Gasteiger partial charge in [0.15, 0.2) is 0 Å². The van der Waals surface area contributed by atoms with Crippen molar-refractivity contribution in [3.63, 3.8) is 0 Å². The number of rotatable bonds is 0. The molecule has 0 saturated heterocycles. The van der Waals surface area contributed by atoms with Gasteiger partial charge in [0.05, 0.1) is 5.02 Å². The molecule has 0 spiro atoms. The summed E-state index contributed by atoms with van der Waals surface area (Å²) < 4.78 is 0. The second-order valence-corrected chi connectivity index (χ2v) is 2.01. The summed E-state index contributed by atoms with van der Waals surface area (Å²) in [4.78, 5) is 0. The van der Waals surface area contributed by atoms with Crippen LogP contribution in [0.3, 0.4) is 0 Å². The standard InChI is InChI=1S/C4H2ClS/c5-4-1-2-6-3-4/h2-3H. The van der Waals surface area contributed by atoms with Crippen molar-refractivity contribution < 1.29 is 0 Å². The van der Waals surface area contributed by atoms with E-state index in [2.05, 4.69) is 6.07 Å². The van der Waals surface area contributed by atoms with Crippen LogP contribution in [0.5, 0.6) is 0 Å². The summed E-state index contributed by atoms with van der Waals surface area (Å²) in [6.45, 7) is 0. The lowest BCUT2D eigenvalue weighted by atomic mass is 10.7. The molecule has 0 atom stereocenters. The van der Waals surface area contributed by atoms with E-state index in [1.54, 1.807) is 11.3 Å². The maximum absolute atomic E-state index is 5.41. The fourth-order valence-electron chi connectivity index (χ4n) is 0.218. The molecule has 0 N–H and O–H groups in total. The highest BCUT2D eigenvalue weighted by Crippen LogP contribution is 2.09. The average molecular weight is 118 g/mol. The zero-order valence-corrected chi connectivity index (χ0v) is 4.51. The van der Waals surface area contributed by atoms with Crippen LogP contribution in [-0.2, 0) is 0 Å². The van der Waals surface area contributed by atoms with E-state index in [1.807, 2.05) is 10.8 Å². The summed E-state index contributed by atoms with van der Waals surface area (Å²) in [5.74, 6) is 0. The first kappa shape index (κ1) is 4.16. The van der Waals surface area contributed by atoms with Crippen molar-refractivity contribution in [2.75, 3.05) is 0 Å². The Labute approximate surface area is 45.4 Å². The van der Waals surface area contributed by atoms with Crippen LogP contribution in [0.1, 0.15) is 0 Å². The molecule has 1 aromatic heterocycles. The van der Waals surface area contributed by atoms with E-state index < -0.39 is 0 Å². The molecule has 0 aliphatic rings. The van der Waals surface area contributed by atoms with E-state index in [0.717, 1.165) is 0 Å². The highest BCUT2D eigenvalue weighted by atomic mass is 35.5. The first-order chi connectivity index (χ1) is 2.89. The molecule has 6 heavy (non-hydrogen) atoms. The van der Waals surface area contributed by atoms with Crippen LogP contribution in [0, 0.1) is 6.07 Å². The van der Waals surface area contributed by atoms with E-state index in [0.29, 0.717) is 5.02 Å². The fraction of sp³-hybridized carbons (Fsp3) is 0. The Hall–Kier alpha value is -0.0100. The number of halogens is 1. The summed E-state index contributed by atoms with van der Waals surface area (Å²) in [5.41, 5.74) is 0. The molecule has 0 bridgehead atoms. The number of thiophene rings is 1. The first-order valence-corrected chi connectivity index (χ1v) is 2.81. The molecule has 0 aromatic carbocycles. The molecule has 0 amide bonds. The van der Waals surface area contributed by atoms with E-state index in [4.69, 9.17) is 11.6 Å². The van der Waals surface area contributed by atoms with E-state index in [9.17, 15) is 0 Å². The minimum absolute atomic E-state index is 0.708. The fourth-order valence-corrected chi connectivity index (χ4v) is 0.942. The predicted octanol–water partition coefficient (Wildman–Crippen LogP) is 2.20. The van der Waals surface area contributed by atoms with Crippen LogP contribution in [0.4, 0.5) is 0 Å². The van der Waals surface area contributed by atoms with Gasteiger partial charge in [-0.2, -0.15) is 11.3 Å². The third kappa shape index (κ3) is 0.730. The molecule has 0 saturated carbocycles. The lowest BCUT2D eigenvalue weighted by Crippen LogP contribution is -1.36. The monoisotopic (exact) mass is 117 g/mol. The van der Waals surface area contributed by atoms with Gasteiger partial charge >= 0.3 is 0 Å². The molecule has 31 valence electrons. The zero-order valence-electron chi connectivity index (χ0n) is 2.94. The third-order valence-corrected chi connectivity index (χ3v) is 1.41. The zero-order chi connectivity index (χ0) is 4.41. The van der Waals surface area contributed by atoms with Gasteiger partial charge in [-0.1, -0.05) is 11.6 Å². The van der Waals surface area contributed by atoms with E-state index >= 15 is 0 Å². The lowest BCUT2D eigenvalue weighted by molar-refractivity contribution is 1.97. The SMILES string of the molecule is Clc1[c]csc1. The molecule has 0 aliphatic carbocycles. The van der Waals surface area contributed by atoms with Gasteiger partial charge < -0.3 is 0 Å². The van der Waals surface area contributed by atoms with E-state index in [-0.39, 0.29) is 0 Å². The second kappa shape index (κ2) is 1.63. The highest BCUT2D eigenvalue weighted by Gasteiger charge is 1.78. The Balaban J connectivity index is 3.05. The van der Waals surface area contributed by atoms with Gasteiger partial charge in [0.25, 0.3) is 0 Å². The van der Waals surface area contributed by atoms with Crippen molar-refractivity contribution in [2.24, 2.45) is 0 Å². The van der Waals surface area contributed by atoms with Crippen LogP contribution in [-0.4, -0.2) is 0 Å². The van der Waals surface area contributed by atoms with Crippen molar-refractivity contribution >= 4 is 22.9 Å². The van der Waals surface area contributed by atoms with Crippen LogP contribution >= 0.6 is 22.9 Å². The second-order valence-electron chi connectivity index (χ2n) is 0.864. The molecule has 2 heteroatoms. The Bertz CT molecular complexity index is 111. The predicted molar refractivity (Wildman–Crippen MR) is 28.2 cm³/mol. The Morgan fingerprint density at radius 3 is 2.83 bits per heavy atom. The topological polar surface area (TPSA) is 0 Å². The van der Waals surface area contributed by atoms with Crippen molar-refractivity contribution in [3.8, 4) is 0 Å². The number of hydrogen-bond acceptors (Lipinski definition) is 1. The molecule has 1 rings (SSSR count). The van der Waals surface area contributed by atoms with Gasteiger partial charge in [0, 0.05) is 16.8 Å². The minimum atomic E-state index is 0.708. The highest BCUT2D eigenvalue weighted by molar-refractivity contribution is 7.08. The van der Waals surface area contributed by atoms with Gasteiger partial charge in [0.1, 0.15) is 0 Å². The summed E-state index contributed by atoms with van der Waals surface area (Å²) in [7, 11) is 0. The molecule has 0 fully saturated rings. The van der Waals surface area contributed by atoms with Gasteiger partial charge in [0.2, 0.25) is 0 Å². The summed E-state index contributed by atoms with van der Waals surface area (Å²) in [6.07, 6.45) is 0. The molecular formula is C4H2ClS. The molecule has 0 nitrogen and oxygen atoms in total. The maximum atomic E-state index is 5.41. The Kier molecular flexibility index (Phi) is 1.13. The van der Waals surface area contributed by atoms with Gasteiger partial charge in [-0.25, -0.2) is 0 Å². The summed E-state index contributed by atoms with van der Waals surface area (Å²) >= 11 is 6.96. The molecule has 0 aliphatic heterocycles. The quantitative estimate of drug-likeness (QED) is 0.489. The Morgan fingerprint density at radius 1 is 1.83 bits per heavy atom. The summed E-state index contributed by atoms with van der Waals surface area (Å²) in [6, 6.07) is 2.78. The van der Waals surface area contributed by atoms with Gasteiger partial charge in [-0.3, -0.25) is 0 Å². The van der Waals surface area contributed by atoms with Gasteiger partial charge in [-0.15, -0.1) is 0 Å². The first-order valence-electron chi connectivity index (χ1n) is 1.49. The Morgan fingerprint density at radius 2 is 2.67 bits per heavy atom. The van der Waals surface area contributed by atoms with Crippen molar-refractivity contribution in [1.82, 2.24) is 0 Å². The lowest BCUT2D eigenvalue weighted by Gasteiger charge is -1.60. The normalized spacial score (nSPS) is 8.83. The minimum Gasteiger partial charge on any atom is -0.150 e.